The van der Waals surface area contributed by atoms with Crippen LogP contribution >= 0.6 is 23.2 Å². The van der Waals surface area contributed by atoms with Crippen molar-refractivity contribution in [2.24, 2.45) is 0 Å². The monoisotopic (exact) mass is 301 g/mol. The molecule has 19 heavy (non-hydrogen) atoms. The van der Waals surface area contributed by atoms with Gasteiger partial charge in [0.2, 0.25) is 0 Å². The molecule has 1 aliphatic rings. The fourth-order valence-electron chi connectivity index (χ4n) is 2.38. The zero-order valence-corrected chi connectivity index (χ0v) is 13.1. The van der Waals surface area contributed by atoms with Gasteiger partial charge in [0.15, 0.2) is 0 Å². The molecule has 0 amide bonds. The van der Waals surface area contributed by atoms with Gasteiger partial charge in [0.1, 0.15) is 0 Å². The van der Waals surface area contributed by atoms with Gasteiger partial charge in [-0.25, -0.2) is 0 Å². The van der Waals surface area contributed by atoms with Crippen molar-refractivity contribution in [2.75, 3.05) is 20.6 Å². The maximum Gasteiger partial charge on any atom is 0.0862 e. The first-order valence-corrected chi connectivity index (χ1v) is 7.60. The molecule has 0 N–H and O–H groups in total. The second kappa shape index (κ2) is 6.78. The Bertz CT molecular complexity index is 452. The number of nitrogens with zero attached hydrogens (tertiary/aromatic N) is 3. The van der Waals surface area contributed by atoms with E-state index in [0.717, 1.165) is 36.6 Å². The molecule has 1 heterocycles. The molecule has 1 atom stereocenters. The van der Waals surface area contributed by atoms with E-state index in [0.29, 0.717) is 0 Å². The number of halogens is 2. The van der Waals surface area contributed by atoms with Gasteiger partial charge in [0.25, 0.3) is 0 Å². The van der Waals surface area contributed by atoms with Crippen LogP contribution in [0.15, 0.2) is 12.3 Å². The molecule has 0 saturated heterocycles. The number of alkyl halides is 1. The second-order valence-electron chi connectivity index (χ2n) is 5.32. The summed E-state index contributed by atoms with van der Waals surface area (Å²) in [6.45, 7) is 1.79. The molecule has 1 aliphatic carbocycles. The van der Waals surface area contributed by atoms with Crippen molar-refractivity contribution < 1.29 is 0 Å². The number of hydrogen-bond acceptors (Lipinski definition) is 2. The van der Waals surface area contributed by atoms with Crippen molar-refractivity contribution in [3.63, 3.8) is 0 Å². The average Bonchev–Trinajstić information content (AvgIpc) is 2.58. The van der Waals surface area contributed by atoms with E-state index in [-0.39, 0.29) is 5.38 Å². The molecule has 0 bridgehead atoms. The van der Waals surface area contributed by atoms with Gasteiger partial charge >= 0.3 is 0 Å². The zero-order chi connectivity index (χ0) is 13.8. The first kappa shape index (κ1) is 14.9. The van der Waals surface area contributed by atoms with Gasteiger partial charge in [-0.05, 0) is 38.9 Å². The molecule has 0 radical (unpaired) electrons. The lowest BCUT2D eigenvalue weighted by molar-refractivity contribution is 0.372. The molecule has 1 aromatic rings. The molecule has 5 heteroatoms. The summed E-state index contributed by atoms with van der Waals surface area (Å²) in [5, 5.41) is 5.24. The summed E-state index contributed by atoms with van der Waals surface area (Å²) in [5.41, 5.74) is 2.30. The van der Waals surface area contributed by atoms with E-state index in [9.17, 15) is 0 Å². The third-order valence-corrected chi connectivity index (χ3v) is 4.04. The van der Waals surface area contributed by atoms with E-state index in [1.165, 1.54) is 18.4 Å². The van der Waals surface area contributed by atoms with Gasteiger partial charge in [-0.15, -0.1) is 11.6 Å². The van der Waals surface area contributed by atoms with Crippen LogP contribution in [0.3, 0.4) is 0 Å². The Morgan fingerprint density at radius 2 is 2.21 bits per heavy atom. The number of rotatable bonds is 4. The molecule has 0 spiro atoms. The van der Waals surface area contributed by atoms with Crippen molar-refractivity contribution in [3.8, 4) is 0 Å². The normalized spacial score (nSPS) is 20.5. The molecule has 2 rings (SSSR count). The Morgan fingerprint density at radius 1 is 1.42 bits per heavy atom. The topological polar surface area (TPSA) is 21.1 Å². The van der Waals surface area contributed by atoms with E-state index in [4.69, 9.17) is 23.2 Å². The maximum atomic E-state index is 6.31. The van der Waals surface area contributed by atoms with Crippen LogP contribution < -0.4 is 0 Å². The average molecular weight is 302 g/mol. The van der Waals surface area contributed by atoms with Crippen LogP contribution in [0.2, 0.25) is 5.02 Å². The third kappa shape index (κ3) is 3.98. The van der Waals surface area contributed by atoms with Crippen LogP contribution in [0.4, 0.5) is 0 Å². The van der Waals surface area contributed by atoms with Crippen molar-refractivity contribution >= 4 is 28.8 Å². The highest BCUT2D eigenvalue weighted by atomic mass is 35.5. The largest absolute Gasteiger partial charge is 0.308 e. The maximum absolute atomic E-state index is 6.31. The minimum Gasteiger partial charge on any atom is -0.308 e. The summed E-state index contributed by atoms with van der Waals surface area (Å²) >= 11 is 12.6. The van der Waals surface area contributed by atoms with Crippen molar-refractivity contribution in [3.05, 3.63) is 23.0 Å². The highest BCUT2D eigenvalue weighted by molar-refractivity contribution is 6.32. The van der Waals surface area contributed by atoms with Gasteiger partial charge in [-0.1, -0.05) is 24.1 Å². The minimum atomic E-state index is 0.116. The van der Waals surface area contributed by atoms with Crippen LogP contribution in [0.5, 0.6) is 0 Å². The van der Waals surface area contributed by atoms with Gasteiger partial charge in [-0.2, -0.15) is 5.10 Å². The summed E-state index contributed by atoms with van der Waals surface area (Å²) in [4.78, 5) is 2.14. The van der Waals surface area contributed by atoms with E-state index in [2.05, 4.69) is 30.2 Å². The van der Waals surface area contributed by atoms with E-state index in [1.807, 2.05) is 4.68 Å². The van der Waals surface area contributed by atoms with Crippen LogP contribution in [0.1, 0.15) is 31.4 Å². The Morgan fingerprint density at radius 3 is 2.95 bits per heavy atom. The molecular formula is C14H21Cl2N3. The number of aromatic nitrogens is 2. The molecule has 1 aromatic heterocycles. The summed E-state index contributed by atoms with van der Waals surface area (Å²) in [6.07, 6.45) is 8.33. The molecule has 0 saturated carbocycles. The Balaban J connectivity index is 2.24. The lowest BCUT2D eigenvalue weighted by Gasteiger charge is -2.14. The van der Waals surface area contributed by atoms with Crippen molar-refractivity contribution in [1.29, 1.82) is 0 Å². The fraction of sp³-hybridized carbons (Fsp3) is 0.643. The quantitative estimate of drug-likeness (QED) is 0.791. The smallest absolute Gasteiger partial charge is 0.0862 e. The van der Waals surface area contributed by atoms with Crippen LogP contribution in [0.25, 0.3) is 5.57 Å². The number of allylic oxidation sites excluding steroid dienone is 2. The van der Waals surface area contributed by atoms with Crippen LogP contribution in [0, 0.1) is 0 Å². The van der Waals surface area contributed by atoms with Crippen LogP contribution in [-0.2, 0) is 6.54 Å². The van der Waals surface area contributed by atoms with Gasteiger partial charge in [0, 0.05) is 6.54 Å². The van der Waals surface area contributed by atoms with Crippen molar-refractivity contribution in [1.82, 2.24) is 14.7 Å². The predicted molar refractivity (Wildman–Crippen MR) is 81.9 cm³/mol. The summed E-state index contributed by atoms with van der Waals surface area (Å²) in [5.74, 6) is 0. The Kier molecular flexibility index (Phi) is 5.31. The van der Waals surface area contributed by atoms with Gasteiger partial charge in [0.05, 0.1) is 28.8 Å². The fourth-order valence-corrected chi connectivity index (χ4v) is 2.95. The Hall–Kier alpha value is -0.510. The van der Waals surface area contributed by atoms with E-state index < -0.39 is 0 Å². The zero-order valence-electron chi connectivity index (χ0n) is 11.6. The lowest BCUT2D eigenvalue weighted by atomic mass is 10.1. The van der Waals surface area contributed by atoms with E-state index >= 15 is 0 Å². The highest BCUT2D eigenvalue weighted by Crippen LogP contribution is 2.32. The molecule has 3 nitrogen and oxygen atoms in total. The molecular weight excluding hydrogens is 281 g/mol. The molecule has 106 valence electrons. The highest BCUT2D eigenvalue weighted by Gasteiger charge is 2.17. The van der Waals surface area contributed by atoms with Crippen molar-refractivity contribution in [2.45, 2.75) is 37.6 Å². The first-order valence-electron chi connectivity index (χ1n) is 6.79. The standard InChI is InChI=1S/C14H21Cl2N3/c1-18(2)7-8-19-14(13(16)10-17-19)11-5-3-4-6-12(15)9-11/h9-10,12H,3-8H2,1-2H3. The molecule has 0 aliphatic heterocycles. The van der Waals surface area contributed by atoms with Crippen LogP contribution in [-0.4, -0.2) is 40.7 Å². The lowest BCUT2D eigenvalue weighted by Crippen LogP contribution is -2.20. The van der Waals surface area contributed by atoms with Gasteiger partial charge in [-0.3, -0.25) is 4.68 Å². The Labute approximate surface area is 125 Å². The second-order valence-corrected chi connectivity index (χ2v) is 6.29. The first-order chi connectivity index (χ1) is 9.08. The van der Waals surface area contributed by atoms with Gasteiger partial charge < -0.3 is 4.90 Å². The minimum absolute atomic E-state index is 0.116. The van der Waals surface area contributed by atoms with E-state index in [1.54, 1.807) is 6.20 Å². The summed E-state index contributed by atoms with van der Waals surface area (Å²) in [6, 6.07) is 0. The molecule has 1 unspecified atom stereocenters. The predicted octanol–water partition coefficient (Wildman–Crippen LogP) is 3.66. The summed E-state index contributed by atoms with van der Waals surface area (Å²) < 4.78 is 2.00. The third-order valence-electron chi connectivity index (χ3n) is 3.42. The molecule has 0 aromatic carbocycles. The molecule has 0 fully saturated rings. The number of hydrogen-bond donors (Lipinski definition) is 0. The summed E-state index contributed by atoms with van der Waals surface area (Å²) in [7, 11) is 4.12. The number of likely N-dealkylation sites (N-methyl/N-ethyl adjacent to an activating group) is 1. The SMILES string of the molecule is CN(C)CCn1ncc(Cl)c1C1=CC(Cl)CCCC1.